The van der Waals surface area contributed by atoms with E-state index in [4.69, 9.17) is 10.6 Å². The van der Waals surface area contributed by atoms with E-state index in [9.17, 15) is 0 Å². The highest BCUT2D eigenvalue weighted by atomic mass is 16.5. The van der Waals surface area contributed by atoms with Gasteiger partial charge in [-0.15, -0.1) is 0 Å². The minimum atomic E-state index is -0.285. The second-order valence-electron chi connectivity index (χ2n) is 4.09. The highest BCUT2D eigenvalue weighted by Crippen LogP contribution is 2.28. The highest BCUT2D eigenvalue weighted by Gasteiger charge is 2.21. The SMILES string of the molecule is CCc1cccnc1C(NN)c1ncccc1OC. The zero-order chi connectivity index (χ0) is 13.7. The van der Waals surface area contributed by atoms with E-state index >= 15 is 0 Å². The number of aryl methyl sites for hydroxylation is 1. The Morgan fingerprint density at radius 1 is 1.21 bits per heavy atom. The van der Waals surface area contributed by atoms with E-state index in [0.717, 1.165) is 23.4 Å². The van der Waals surface area contributed by atoms with Gasteiger partial charge in [0.2, 0.25) is 0 Å². The topological polar surface area (TPSA) is 73.1 Å². The summed E-state index contributed by atoms with van der Waals surface area (Å²) < 4.78 is 5.34. The zero-order valence-corrected chi connectivity index (χ0v) is 11.1. The van der Waals surface area contributed by atoms with Crippen molar-refractivity contribution >= 4 is 0 Å². The molecule has 0 aliphatic heterocycles. The van der Waals surface area contributed by atoms with Gasteiger partial charge in [-0.2, -0.15) is 0 Å². The Labute approximate surface area is 112 Å². The molecule has 2 rings (SSSR count). The maximum Gasteiger partial charge on any atom is 0.142 e. The third kappa shape index (κ3) is 2.72. The number of nitrogens with one attached hydrogen (secondary N) is 1. The lowest BCUT2D eigenvalue weighted by atomic mass is 10.0. The molecule has 2 aromatic rings. The first-order chi connectivity index (χ1) is 9.31. The van der Waals surface area contributed by atoms with E-state index in [1.54, 1.807) is 19.5 Å². The van der Waals surface area contributed by atoms with Gasteiger partial charge in [0.1, 0.15) is 17.5 Å². The average Bonchev–Trinajstić information content (AvgIpc) is 2.49. The lowest BCUT2D eigenvalue weighted by Gasteiger charge is -2.19. The Hall–Kier alpha value is -1.98. The smallest absolute Gasteiger partial charge is 0.142 e. The summed E-state index contributed by atoms with van der Waals surface area (Å²) in [6.45, 7) is 2.09. The van der Waals surface area contributed by atoms with E-state index in [-0.39, 0.29) is 6.04 Å². The van der Waals surface area contributed by atoms with Crippen molar-refractivity contribution in [2.75, 3.05) is 7.11 Å². The molecule has 0 saturated carbocycles. The molecule has 2 heterocycles. The number of aromatic nitrogens is 2. The van der Waals surface area contributed by atoms with Gasteiger partial charge in [0, 0.05) is 12.4 Å². The van der Waals surface area contributed by atoms with E-state index in [1.165, 1.54) is 0 Å². The molecule has 0 amide bonds. The number of nitrogens with two attached hydrogens (primary N) is 1. The Balaban J connectivity index is 2.50. The first kappa shape index (κ1) is 13.5. The van der Waals surface area contributed by atoms with Gasteiger partial charge in [-0.1, -0.05) is 13.0 Å². The summed E-state index contributed by atoms with van der Waals surface area (Å²) in [5.41, 5.74) is 5.53. The van der Waals surface area contributed by atoms with Crippen LogP contribution < -0.4 is 16.0 Å². The molecule has 0 fully saturated rings. The number of nitrogens with zero attached hydrogens (tertiary/aromatic N) is 2. The Morgan fingerprint density at radius 3 is 2.53 bits per heavy atom. The number of hydrogen-bond acceptors (Lipinski definition) is 5. The molecule has 2 aromatic heterocycles. The molecular weight excluding hydrogens is 240 g/mol. The van der Waals surface area contributed by atoms with E-state index in [2.05, 4.69) is 22.3 Å². The van der Waals surface area contributed by atoms with Gasteiger partial charge in [0.05, 0.1) is 12.8 Å². The highest BCUT2D eigenvalue weighted by molar-refractivity contribution is 5.37. The molecule has 5 nitrogen and oxygen atoms in total. The van der Waals surface area contributed by atoms with Gasteiger partial charge in [-0.3, -0.25) is 15.8 Å². The monoisotopic (exact) mass is 258 g/mol. The van der Waals surface area contributed by atoms with Crippen LogP contribution in [0.5, 0.6) is 5.75 Å². The molecule has 0 aliphatic rings. The molecule has 100 valence electrons. The molecule has 0 radical (unpaired) electrons. The number of hydrogen-bond donors (Lipinski definition) is 2. The molecule has 5 heteroatoms. The molecule has 1 atom stereocenters. The van der Waals surface area contributed by atoms with Crippen molar-refractivity contribution in [1.29, 1.82) is 0 Å². The Kier molecular flexibility index (Phi) is 4.43. The van der Waals surface area contributed by atoms with Crippen LogP contribution in [0, 0.1) is 0 Å². The molecule has 0 aromatic carbocycles. The zero-order valence-electron chi connectivity index (χ0n) is 11.1. The summed E-state index contributed by atoms with van der Waals surface area (Å²) in [5, 5.41) is 0. The number of methoxy groups -OCH3 is 1. The fourth-order valence-corrected chi connectivity index (χ4v) is 2.09. The lowest BCUT2D eigenvalue weighted by molar-refractivity contribution is 0.399. The number of hydrazine groups is 1. The van der Waals surface area contributed by atoms with Crippen molar-refractivity contribution in [3.63, 3.8) is 0 Å². The van der Waals surface area contributed by atoms with Crippen molar-refractivity contribution in [3.8, 4) is 5.75 Å². The van der Waals surface area contributed by atoms with Crippen LogP contribution >= 0.6 is 0 Å². The molecule has 0 spiro atoms. The van der Waals surface area contributed by atoms with Crippen molar-refractivity contribution in [1.82, 2.24) is 15.4 Å². The summed E-state index contributed by atoms with van der Waals surface area (Å²) in [4.78, 5) is 8.80. The second-order valence-corrected chi connectivity index (χ2v) is 4.09. The Bertz CT molecular complexity index is 497. The normalized spacial score (nSPS) is 12.2. The van der Waals surface area contributed by atoms with Crippen LogP contribution in [0.3, 0.4) is 0 Å². The van der Waals surface area contributed by atoms with Gasteiger partial charge in [0.25, 0.3) is 0 Å². The minimum Gasteiger partial charge on any atom is -0.495 e. The van der Waals surface area contributed by atoms with Crippen LogP contribution in [0.2, 0.25) is 0 Å². The molecule has 0 bridgehead atoms. The maximum absolute atomic E-state index is 5.70. The first-order valence-corrected chi connectivity index (χ1v) is 6.20. The summed E-state index contributed by atoms with van der Waals surface area (Å²) in [6.07, 6.45) is 4.36. The largest absolute Gasteiger partial charge is 0.495 e. The molecule has 19 heavy (non-hydrogen) atoms. The molecule has 1 unspecified atom stereocenters. The van der Waals surface area contributed by atoms with Gasteiger partial charge in [-0.25, -0.2) is 5.43 Å². The summed E-state index contributed by atoms with van der Waals surface area (Å²) in [7, 11) is 1.62. The van der Waals surface area contributed by atoms with Gasteiger partial charge in [0.15, 0.2) is 0 Å². The summed E-state index contributed by atoms with van der Waals surface area (Å²) >= 11 is 0. The number of ether oxygens (including phenoxy) is 1. The number of pyridine rings is 2. The van der Waals surface area contributed by atoms with Crippen LogP contribution in [-0.4, -0.2) is 17.1 Å². The van der Waals surface area contributed by atoms with Crippen molar-refractivity contribution in [2.24, 2.45) is 5.84 Å². The minimum absolute atomic E-state index is 0.285. The van der Waals surface area contributed by atoms with Crippen LogP contribution in [0.15, 0.2) is 36.7 Å². The summed E-state index contributed by atoms with van der Waals surface area (Å²) in [5.74, 6) is 6.39. The van der Waals surface area contributed by atoms with Crippen LogP contribution in [0.1, 0.15) is 29.9 Å². The predicted octanol–water partition coefficient (Wildman–Crippen LogP) is 1.60. The van der Waals surface area contributed by atoms with Crippen LogP contribution in [0.25, 0.3) is 0 Å². The standard InChI is InChI=1S/C14H18N4O/c1-3-10-6-4-8-16-12(10)14(18-15)13-11(19-2)7-5-9-17-13/h4-9,14,18H,3,15H2,1-2H3. The van der Waals surface area contributed by atoms with Crippen molar-refractivity contribution < 1.29 is 4.74 Å². The molecule has 0 saturated heterocycles. The third-order valence-corrected chi connectivity index (χ3v) is 3.04. The fraction of sp³-hybridized carbons (Fsp3) is 0.286. The third-order valence-electron chi connectivity index (χ3n) is 3.04. The van der Waals surface area contributed by atoms with E-state index in [1.807, 2.05) is 24.3 Å². The molecule has 0 aliphatic carbocycles. The fourth-order valence-electron chi connectivity index (χ4n) is 2.09. The van der Waals surface area contributed by atoms with Gasteiger partial charge in [-0.05, 0) is 30.2 Å². The van der Waals surface area contributed by atoms with Crippen molar-refractivity contribution in [3.05, 3.63) is 53.6 Å². The quantitative estimate of drug-likeness (QED) is 0.629. The van der Waals surface area contributed by atoms with Crippen molar-refractivity contribution in [2.45, 2.75) is 19.4 Å². The second kappa shape index (κ2) is 6.26. The molecular formula is C14H18N4O. The number of rotatable bonds is 5. The van der Waals surface area contributed by atoms with Gasteiger partial charge < -0.3 is 4.74 Å². The van der Waals surface area contributed by atoms with Crippen LogP contribution in [-0.2, 0) is 6.42 Å². The first-order valence-electron chi connectivity index (χ1n) is 6.20. The van der Waals surface area contributed by atoms with Crippen LogP contribution in [0.4, 0.5) is 0 Å². The average molecular weight is 258 g/mol. The van der Waals surface area contributed by atoms with E-state index < -0.39 is 0 Å². The van der Waals surface area contributed by atoms with Gasteiger partial charge >= 0.3 is 0 Å². The molecule has 3 N–H and O–H groups in total. The lowest BCUT2D eigenvalue weighted by Crippen LogP contribution is -2.31. The Morgan fingerprint density at radius 2 is 1.89 bits per heavy atom. The van der Waals surface area contributed by atoms with E-state index in [0.29, 0.717) is 5.75 Å². The maximum atomic E-state index is 5.70. The summed E-state index contributed by atoms with van der Waals surface area (Å²) in [6, 6.07) is 7.37. The predicted molar refractivity (Wildman–Crippen MR) is 73.6 cm³/mol.